The Morgan fingerprint density at radius 2 is 1.72 bits per heavy atom. The second-order valence-electron chi connectivity index (χ2n) is 5.13. The first-order chi connectivity index (χ1) is 12.0. The van der Waals surface area contributed by atoms with Gasteiger partial charge in [-0.05, 0) is 36.4 Å². The van der Waals surface area contributed by atoms with E-state index in [4.69, 9.17) is 4.74 Å². The van der Waals surface area contributed by atoms with E-state index in [2.05, 4.69) is 14.7 Å². The van der Waals surface area contributed by atoms with Gasteiger partial charge < -0.3 is 4.74 Å². The first-order valence-electron chi connectivity index (χ1n) is 7.31. The number of rotatable bonds is 5. The van der Waals surface area contributed by atoms with E-state index in [0.29, 0.717) is 17.0 Å². The Labute approximate surface area is 144 Å². The average molecular weight is 357 g/mol. The maximum atomic E-state index is 12.4. The lowest BCUT2D eigenvalue weighted by molar-refractivity contribution is 0.415. The van der Waals surface area contributed by atoms with Crippen molar-refractivity contribution in [3.05, 3.63) is 71.0 Å². The van der Waals surface area contributed by atoms with Crippen molar-refractivity contribution in [1.82, 2.24) is 9.97 Å². The van der Waals surface area contributed by atoms with Gasteiger partial charge in [0.1, 0.15) is 5.75 Å². The summed E-state index contributed by atoms with van der Waals surface area (Å²) in [6, 6.07) is 16.0. The minimum Gasteiger partial charge on any atom is -0.497 e. The van der Waals surface area contributed by atoms with E-state index in [-0.39, 0.29) is 10.8 Å². The smallest absolute Gasteiger partial charge is 0.264 e. The third-order valence-corrected chi connectivity index (χ3v) is 4.77. The molecular weight excluding hydrogens is 342 g/mol. The van der Waals surface area contributed by atoms with Crippen LogP contribution >= 0.6 is 0 Å². The minimum atomic E-state index is -3.84. The van der Waals surface area contributed by atoms with Crippen molar-refractivity contribution in [2.24, 2.45) is 0 Å². The Hall–Kier alpha value is -3.13. The maximum absolute atomic E-state index is 12.4. The lowest BCUT2D eigenvalue weighted by Crippen LogP contribution is -2.18. The van der Waals surface area contributed by atoms with Crippen molar-refractivity contribution >= 4 is 16.0 Å². The number of hydrogen-bond donors (Lipinski definition) is 2. The predicted octanol–water partition coefficient (Wildman–Crippen LogP) is 2.25. The molecule has 0 saturated heterocycles. The maximum Gasteiger partial charge on any atom is 0.264 e. The molecule has 0 saturated carbocycles. The molecule has 25 heavy (non-hydrogen) atoms. The van der Waals surface area contributed by atoms with Crippen LogP contribution in [0.5, 0.6) is 5.75 Å². The van der Waals surface area contributed by atoms with Crippen LogP contribution in [0.1, 0.15) is 0 Å². The van der Waals surface area contributed by atoms with Crippen LogP contribution in [-0.2, 0) is 10.0 Å². The Kier molecular flexibility index (Phi) is 4.53. The fourth-order valence-corrected chi connectivity index (χ4v) is 3.19. The zero-order valence-corrected chi connectivity index (χ0v) is 14.1. The van der Waals surface area contributed by atoms with Crippen LogP contribution in [0.2, 0.25) is 0 Å². The average Bonchev–Trinajstić information content (AvgIpc) is 2.61. The number of H-pyrrole nitrogens is 1. The van der Waals surface area contributed by atoms with Crippen LogP contribution in [-0.4, -0.2) is 25.5 Å². The van der Waals surface area contributed by atoms with Gasteiger partial charge in [0.25, 0.3) is 15.6 Å². The standard InChI is InChI=1S/C17H15N3O4S/c1-24-13-9-7-12(8-10-13)15-11-16(21)19-17(18-15)20-25(22,23)14-5-3-2-4-6-14/h2-11H,1H3,(H2,18,19,20,21). The Balaban J connectivity index is 1.95. The highest BCUT2D eigenvalue weighted by atomic mass is 32.2. The van der Waals surface area contributed by atoms with Gasteiger partial charge in [0, 0.05) is 11.6 Å². The number of sulfonamides is 1. The molecular formula is C17H15N3O4S. The van der Waals surface area contributed by atoms with Crippen LogP contribution < -0.4 is 15.0 Å². The molecule has 0 aliphatic carbocycles. The van der Waals surface area contributed by atoms with Gasteiger partial charge >= 0.3 is 0 Å². The van der Waals surface area contributed by atoms with Crippen molar-refractivity contribution in [2.45, 2.75) is 4.90 Å². The van der Waals surface area contributed by atoms with Crippen LogP contribution in [0.15, 0.2) is 70.4 Å². The molecule has 0 amide bonds. The highest BCUT2D eigenvalue weighted by Gasteiger charge is 2.15. The topological polar surface area (TPSA) is 101 Å². The van der Waals surface area contributed by atoms with Gasteiger partial charge in [0.15, 0.2) is 0 Å². The second kappa shape index (κ2) is 6.78. The van der Waals surface area contributed by atoms with Crippen molar-refractivity contribution in [1.29, 1.82) is 0 Å². The van der Waals surface area contributed by atoms with Gasteiger partial charge in [0.2, 0.25) is 5.95 Å². The van der Waals surface area contributed by atoms with E-state index in [9.17, 15) is 13.2 Å². The number of methoxy groups -OCH3 is 1. The zero-order valence-electron chi connectivity index (χ0n) is 13.3. The molecule has 0 bridgehead atoms. The summed E-state index contributed by atoms with van der Waals surface area (Å²) >= 11 is 0. The second-order valence-corrected chi connectivity index (χ2v) is 6.81. The molecule has 2 aromatic carbocycles. The van der Waals surface area contributed by atoms with E-state index < -0.39 is 15.6 Å². The molecule has 7 nitrogen and oxygen atoms in total. The van der Waals surface area contributed by atoms with Crippen LogP contribution in [0.4, 0.5) is 5.95 Å². The van der Waals surface area contributed by atoms with Gasteiger partial charge in [-0.2, -0.15) is 0 Å². The highest BCUT2D eigenvalue weighted by molar-refractivity contribution is 7.92. The molecule has 128 valence electrons. The van der Waals surface area contributed by atoms with Gasteiger partial charge in [-0.15, -0.1) is 0 Å². The molecule has 0 aliphatic rings. The number of benzene rings is 2. The van der Waals surface area contributed by atoms with E-state index >= 15 is 0 Å². The summed E-state index contributed by atoms with van der Waals surface area (Å²) in [4.78, 5) is 18.5. The third kappa shape index (κ3) is 3.86. The molecule has 0 unspecified atom stereocenters. The Bertz CT molecular complexity index is 1030. The molecule has 0 spiro atoms. The van der Waals surface area contributed by atoms with Gasteiger partial charge in [0.05, 0.1) is 17.7 Å². The minimum absolute atomic E-state index is 0.0764. The first kappa shape index (κ1) is 16.7. The predicted molar refractivity (Wildman–Crippen MR) is 94.1 cm³/mol. The van der Waals surface area contributed by atoms with Crippen LogP contribution in [0.25, 0.3) is 11.3 Å². The van der Waals surface area contributed by atoms with E-state index in [0.717, 1.165) is 0 Å². The normalized spacial score (nSPS) is 11.1. The van der Waals surface area contributed by atoms with Crippen molar-refractivity contribution in [3.8, 4) is 17.0 Å². The summed E-state index contributed by atoms with van der Waals surface area (Å²) in [7, 11) is -2.29. The molecule has 1 aromatic heterocycles. The fraction of sp³-hybridized carbons (Fsp3) is 0.0588. The van der Waals surface area contributed by atoms with E-state index in [1.165, 1.54) is 18.2 Å². The Morgan fingerprint density at radius 1 is 1.04 bits per heavy atom. The lowest BCUT2D eigenvalue weighted by Gasteiger charge is -2.08. The molecule has 0 fully saturated rings. The molecule has 3 aromatic rings. The SMILES string of the molecule is COc1ccc(-c2cc(=O)[nH]c(NS(=O)(=O)c3ccccc3)n2)cc1. The zero-order chi connectivity index (χ0) is 17.9. The number of hydrogen-bond acceptors (Lipinski definition) is 5. The number of nitrogens with zero attached hydrogens (tertiary/aromatic N) is 1. The van der Waals surface area contributed by atoms with Gasteiger partial charge in [-0.3, -0.25) is 9.78 Å². The highest BCUT2D eigenvalue weighted by Crippen LogP contribution is 2.21. The molecule has 2 N–H and O–H groups in total. The summed E-state index contributed by atoms with van der Waals surface area (Å²) in [5, 5.41) is 0. The van der Waals surface area contributed by atoms with Crippen molar-refractivity contribution < 1.29 is 13.2 Å². The summed E-state index contributed by atoms with van der Waals surface area (Å²) in [6.07, 6.45) is 0. The van der Waals surface area contributed by atoms with Crippen LogP contribution in [0, 0.1) is 0 Å². The number of anilines is 1. The number of nitrogens with one attached hydrogen (secondary N) is 2. The lowest BCUT2D eigenvalue weighted by atomic mass is 10.1. The molecule has 0 atom stereocenters. The fourth-order valence-electron chi connectivity index (χ4n) is 2.20. The molecule has 0 radical (unpaired) electrons. The molecule has 3 rings (SSSR count). The number of aromatic nitrogens is 2. The van der Waals surface area contributed by atoms with E-state index in [1.807, 2.05) is 0 Å². The van der Waals surface area contributed by atoms with Gasteiger partial charge in [-0.1, -0.05) is 18.2 Å². The van der Waals surface area contributed by atoms with E-state index in [1.54, 1.807) is 49.6 Å². The van der Waals surface area contributed by atoms with Crippen LogP contribution in [0.3, 0.4) is 0 Å². The third-order valence-electron chi connectivity index (χ3n) is 3.41. The summed E-state index contributed by atoms with van der Waals surface area (Å²) < 4.78 is 32.1. The summed E-state index contributed by atoms with van der Waals surface area (Å²) in [6.45, 7) is 0. The Morgan fingerprint density at radius 3 is 2.36 bits per heavy atom. The molecule has 1 heterocycles. The summed E-state index contributed by atoms with van der Waals surface area (Å²) in [5.41, 5.74) is 0.538. The quantitative estimate of drug-likeness (QED) is 0.729. The molecule has 8 heteroatoms. The van der Waals surface area contributed by atoms with Crippen molar-refractivity contribution in [3.63, 3.8) is 0 Å². The molecule has 0 aliphatic heterocycles. The van der Waals surface area contributed by atoms with Crippen molar-refractivity contribution in [2.75, 3.05) is 11.8 Å². The summed E-state index contributed by atoms with van der Waals surface area (Å²) in [5.74, 6) is 0.515. The number of ether oxygens (including phenoxy) is 1. The first-order valence-corrected chi connectivity index (χ1v) is 8.80. The monoisotopic (exact) mass is 357 g/mol. The largest absolute Gasteiger partial charge is 0.497 e. The van der Waals surface area contributed by atoms with Gasteiger partial charge in [-0.25, -0.2) is 18.1 Å². The number of aromatic amines is 1.